The van der Waals surface area contributed by atoms with Crippen LogP contribution in [0.4, 0.5) is 0 Å². The van der Waals surface area contributed by atoms with Gasteiger partial charge in [-0.05, 0) is 19.1 Å². The minimum absolute atomic E-state index is 0.104. The molecule has 1 atom stereocenters. The Morgan fingerprint density at radius 2 is 2.12 bits per heavy atom. The van der Waals surface area contributed by atoms with Crippen molar-refractivity contribution in [3.63, 3.8) is 0 Å². The van der Waals surface area contributed by atoms with Crippen molar-refractivity contribution in [1.82, 2.24) is 14.7 Å². The molecule has 2 heterocycles. The fourth-order valence-electron chi connectivity index (χ4n) is 3.18. The van der Waals surface area contributed by atoms with Gasteiger partial charge in [0.05, 0.1) is 25.3 Å². The van der Waals surface area contributed by atoms with Gasteiger partial charge in [-0.2, -0.15) is 5.10 Å². The van der Waals surface area contributed by atoms with Crippen LogP contribution in [0.5, 0.6) is 5.75 Å². The average molecular weight is 343 g/mol. The molecule has 1 aliphatic rings. The molecule has 1 aromatic carbocycles. The van der Waals surface area contributed by atoms with Crippen molar-refractivity contribution in [3.8, 4) is 5.75 Å². The van der Waals surface area contributed by atoms with E-state index in [1.807, 2.05) is 46.1 Å². The minimum Gasteiger partial charge on any atom is -0.493 e. The maximum Gasteiger partial charge on any atom is 0.226 e. The zero-order chi connectivity index (χ0) is 17.6. The summed E-state index contributed by atoms with van der Waals surface area (Å²) in [7, 11) is 1.69. The van der Waals surface area contributed by atoms with Crippen LogP contribution in [-0.2, 0) is 22.6 Å². The van der Waals surface area contributed by atoms with E-state index in [0.717, 1.165) is 23.6 Å². The summed E-state index contributed by atoms with van der Waals surface area (Å²) in [6, 6.07) is 9.57. The third-order valence-electron chi connectivity index (χ3n) is 4.43. The first-order chi connectivity index (χ1) is 12.2. The topological polar surface area (TPSA) is 56.6 Å². The highest BCUT2D eigenvalue weighted by molar-refractivity contribution is 5.76. The molecular formula is C19H25N3O3. The van der Waals surface area contributed by atoms with E-state index in [0.29, 0.717) is 32.7 Å². The number of carbonyl (C=O) groups excluding carboxylic acids is 1. The van der Waals surface area contributed by atoms with Crippen molar-refractivity contribution < 1.29 is 14.3 Å². The molecule has 1 aliphatic heterocycles. The van der Waals surface area contributed by atoms with E-state index in [4.69, 9.17) is 9.47 Å². The monoisotopic (exact) mass is 343 g/mol. The van der Waals surface area contributed by atoms with Crippen molar-refractivity contribution >= 4 is 5.91 Å². The molecule has 0 aliphatic carbocycles. The molecule has 0 fully saturated rings. The summed E-state index contributed by atoms with van der Waals surface area (Å²) in [5, 5.41) is 4.64. The first-order valence-corrected chi connectivity index (χ1v) is 8.72. The molecule has 2 aromatic rings. The molecule has 1 unspecified atom stereocenters. The van der Waals surface area contributed by atoms with Gasteiger partial charge in [0.1, 0.15) is 5.75 Å². The number of carbonyl (C=O) groups is 1. The molecule has 1 amide bonds. The summed E-state index contributed by atoms with van der Waals surface area (Å²) in [6.45, 7) is 5.10. The SMILES string of the molecule is CCn1cc2c(n1)C(COC)CN(C(=O)CCOc1ccccc1)C2. The lowest BCUT2D eigenvalue weighted by molar-refractivity contribution is -0.133. The largest absolute Gasteiger partial charge is 0.493 e. The Kier molecular flexibility index (Phi) is 5.71. The number of nitrogens with zero attached hydrogens (tertiary/aromatic N) is 3. The smallest absolute Gasteiger partial charge is 0.226 e. The maximum absolute atomic E-state index is 12.6. The zero-order valence-electron chi connectivity index (χ0n) is 14.9. The number of rotatable bonds is 7. The van der Waals surface area contributed by atoms with Crippen LogP contribution in [0.1, 0.15) is 30.5 Å². The Bertz CT molecular complexity index is 699. The summed E-state index contributed by atoms with van der Waals surface area (Å²) in [5.74, 6) is 1.02. The molecular weight excluding hydrogens is 318 g/mol. The number of ether oxygens (including phenoxy) is 2. The van der Waals surface area contributed by atoms with Gasteiger partial charge in [0.25, 0.3) is 0 Å². The van der Waals surface area contributed by atoms with Crippen LogP contribution in [0, 0.1) is 0 Å². The summed E-state index contributed by atoms with van der Waals surface area (Å²) in [5.41, 5.74) is 2.18. The van der Waals surface area contributed by atoms with Gasteiger partial charge >= 0.3 is 0 Å². The van der Waals surface area contributed by atoms with Crippen molar-refractivity contribution in [2.45, 2.75) is 32.4 Å². The van der Waals surface area contributed by atoms with E-state index in [1.165, 1.54) is 0 Å². The highest BCUT2D eigenvalue weighted by Crippen LogP contribution is 2.28. The van der Waals surface area contributed by atoms with Crippen molar-refractivity contribution in [1.29, 1.82) is 0 Å². The summed E-state index contributed by atoms with van der Waals surface area (Å²) in [6.07, 6.45) is 2.41. The normalized spacial score (nSPS) is 16.6. The van der Waals surface area contributed by atoms with E-state index in [1.54, 1.807) is 7.11 Å². The molecule has 0 bridgehead atoms. The lowest BCUT2D eigenvalue weighted by Gasteiger charge is -2.31. The lowest BCUT2D eigenvalue weighted by Crippen LogP contribution is -2.39. The van der Waals surface area contributed by atoms with Crippen LogP contribution in [0.25, 0.3) is 0 Å². The second kappa shape index (κ2) is 8.16. The Balaban J connectivity index is 1.61. The summed E-state index contributed by atoms with van der Waals surface area (Å²) in [4.78, 5) is 14.5. The molecule has 3 rings (SSSR count). The van der Waals surface area contributed by atoms with Gasteiger partial charge in [0, 0.05) is 44.4 Å². The molecule has 0 N–H and O–H groups in total. The Morgan fingerprint density at radius 3 is 2.84 bits per heavy atom. The molecule has 0 spiro atoms. The minimum atomic E-state index is 0.104. The predicted molar refractivity (Wildman–Crippen MR) is 94.5 cm³/mol. The summed E-state index contributed by atoms with van der Waals surface area (Å²) < 4.78 is 12.9. The van der Waals surface area contributed by atoms with Crippen LogP contribution < -0.4 is 4.74 Å². The van der Waals surface area contributed by atoms with Crippen LogP contribution in [0.3, 0.4) is 0 Å². The number of para-hydroxylation sites is 1. The number of fused-ring (bicyclic) bond motifs is 1. The van der Waals surface area contributed by atoms with Gasteiger partial charge in [0.2, 0.25) is 5.91 Å². The fourth-order valence-corrected chi connectivity index (χ4v) is 3.18. The fraction of sp³-hybridized carbons (Fsp3) is 0.474. The van der Waals surface area contributed by atoms with Crippen molar-refractivity contribution in [2.75, 3.05) is 26.9 Å². The number of aryl methyl sites for hydroxylation is 1. The first kappa shape index (κ1) is 17.5. The van der Waals surface area contributed by atoms with E-state index in [2.05, 4.69) is 12.0 Å². The quantitative estimate of drug-likeness (QED) is 0.775. The van der Waals surface area contributed by atoms with E-state index < -0.39 is 0 Å². The van der Waals surface area contributed by atoms with Gasteiger partial charge in [-0.1, -0.05) is 18.2 Å². The number of aromatic nitrogens is 2. The second-order valence-electron chi connectivity index (χ2n) is 6.23. The van der Waals surface area contributed by atoms with Crippen molar-refractivity contribution in [3.05, 3.63) is 47.8 Å². The standard InChI is InChI=1S/C19H25N3O3/c1-3-22-13-15-11-21(12-16(14-24-2)19(15)20-22)18(23)9-10-25-17-7-5-4-6-8-17/h4-8,13,16H,3,9-12,14H2,1-2H3. The van der Waals surface area contributed by atoms with Crippen LogP contribution in [0.2, 0.25) is 0 Å². The van der Waals surface area contributed by atoms with E-state index in [-0.39, 0.29) is 11.8 Å². The summed E-state index contributed by atoms with van der Waals surface area (Å²) >= 11 is 0. The molecule has 1 aromatic heterocycles. The van der Waals surface area contributed by atoms with E-state index in [9.17, 15) is 4.79 Å². The predicted octanol–water partition coefficient (Wildman–Crippen LogP) is 2.44. The number of amides is 1. The Hall–Kier alpha value is -2.34. The van der Waals surface area contributed by atoms with Crippen LogP contribution in [-0.4, -0.2) is 47.5 Å². The third-order valence-corrected chi connectivity index (χ3v) is 4.43. The Morgan fingerprint density at radius 1 is 1.32 bits per heavy atom. The van der Waals surface area contributed by atoms with Gasteiger partial charge < -0.3 is 14.4 Å². The van der Waals surface area contributed by atoms with Crippen molar-refractivity contribution in [2.24, 2.45) is 0 Å². The van der Waals surface area contributed by atoms with Crippen LogP contribution in [0.15, 0.2) is 36.5 Å². The molecule has 25 heavy (non-hydrogen) atoms. The number of methoxy groups -OCH3 is 1. The van der Waals surface area contributed by atoms with Gasteiger partial charge in [-0.3, -0.25) is 9.48 Å². The molecule has 134 valence electrons. The third kappa shape index (κ3) is 4.20. The second-order valence-corrected chi connectivity index (χ2v) is 6.23. The van der Waals surface area contributed by atoms with Crippen LogP contribution >= 0.6 is 0 Å². The number of hydrogen-bond acceptors (Lipinski definition) is 4. The van der Waals surface area contributed by atoms with E-state index >= 15 is 0 Å². The molecule has 6 nitrogen and oxygen atoms in total. The molecule has 0 saturated heterocycles. The number of benzene rings is 1. The van der Waals surface area contributed by atoms with Gasteiger partial charge in [-0.25, -0.2) is 0 Å². The highest BCUT2D eigenvalue weighted by Gasteiger charge is 2.30. The highest BCUT2D eigenvalue weighted by atomic mass is 16.5. The number of hydrogen-bond donors (Lipinski definition) is 0. The Labute approximate surface area is 148 Å². The molecule has 0 radical (unpaired) electrons. The molecule has 6 heteroatoms. The van der Waals surface area contributed by atoms with Gasteiger partial charge in [-0.15, -0.1) is 0 Å². The maximum atomic E-state index is 12.6. The average Bonchev–Trinajstić information content (AvgIpc) is 3.06. The molecule has 0 saturated carbocycles. The van der Waals surface area contributed by atoms with Gasteiger partial charge in [0.15, 0.2) is 0 Å². The lowest BCUT2D eigenvalue weighted by atomic mass is 9.97. The zero-order valence-corrected chi connectivity index (χ0v) is 14.9. The first-order valence-electron chi connectivity index (χ1n) is 8.72.